The standard InChI is InChI=1S/C13H16ClF2N5O3S/c1-2-25(23,24)8-17-11-7-12(10(16)6-9(11)14)21-13(22)20(18-19-21)5-3-4-15/h6-7,17H,2-5,8H2,1H3. The van der Waals surface area contributed by atoms with E-state index in [1.165, 1.54) is 13.0 Å². The van der Waals surface area contributed by atoms with Gasteiger partial charge in [-0.3, -0.25) is 4.39 Å². The summed E-state index contributed by atoms with van der Waals surface area (Å²) in [7, 11) is -3.34. The summed E-state index contributed by atoms with van der Waals surface area (Å²) in [5.41, 5.74) is -0.876. The van der Waals surface area contributed by atoms with Gasteiger partial charge < -0.3 is 5.32 Å². The lowest BCUT2D eigenvalue weighted by molar-refractivity contribution is 0.427. The van der Waals surface area contributed by atoms with E-state index < -0.39 is 33.9 Å². The SMILES string of the molecule is CCS(=O)(=O)CNc1cc(-n2nnn(CCCF)c2=O)c(F)cc1Cl. The fourth-order valence-corrected chi connectivity index (χ4v) is 2.70. The van der Waals surface area contributed by atoms with Crippen LogP contribution in [0.5, 0.6) is 0 Å². The van der Waals surface area contributed by atoms with Gasteiger partial charge >= 0.3 is 5.69 Å². The second-order valence-corrected chi connectivity index (χ2v) is 7.84. The molecule has 1 aromatic heterocycles. The molecule has 2 rings (SSSR count). The maximum atomic E-state index is 14.2. The number of anilines is 1. The monoisotopic (exact) mass is 395 g/mol. The summed E-state index contributed by atoms with van der Waals surface area (Å²) in [6.07, 6.45) is 0.0728. The van der Waals surface area contributed by atoms with E-state index in [0.717, 1.165) is 10.7 Å². The molecule has 138 valence electrons. The molecule has 1 N–H and O–H groups in total. The molecule has 0 aliphatic rings. The highest BCUT2D eigenvalue weighted by molar-refractivity contribution is 7.91. The van der Waals surface area contributed by atoms with Crippen LogP contribution in [0.25, 0.3) is 5.69 Å². The summed E-state index contributed by atoms with van der Waals surface area (Å²) < 4.78 is 51.1. The Morgan fingerprint density at radius 1 is 1.32 bits per heavy atom. The van der Waals surface area contributed by atoms with Crippen LogP contribution < -0.4 is 11.0 Å². The molecule has 0 fully saturated rings. The van der Waals surface area contributed by atoms with Crippen molar-refractivity contribution in [3.05, 3.63) is 33.5 Å². The Balaban J connectivity index is 2.37. The molecule has 0 saturated carbocycles. The van der Waals surface area contributed by atoms with Crippen molar-refractivity contribution >= 4 is 27.1 Å². The second-order valence-electron chi connectivity index (χ2n) is 5.08. The van der Waals surface area contributed by atoms with Crippen molar-refractivity contribution in [1.29, 1.82) is 0 Å². The van der Waals surface area contributed by atoms with Crippen LogP contribution in [0, 0.1) is 5.82 Å². The van der Waals surface area contributed by atoms with Gasteiger partial charge in [0.2, 0.25) is 0 Å². The van der Waals surface area contributed by atoms with Crippen molar-refractivity contribution in [1.82, 2.24) is 19.8 Å². The predicted octanol–water partition coefficient (Wildman–Crippen LogP) is 1.39. The fraction of sp³-hybridized carbons (Fsp3) is 0.462. The maximum absolute atomic E-state index is 14.2. The van der Waals surface area contributed by atoms with Crippen molar-refractivity contribution < 1.29 is 17.2 Å². The van der Waals surface area contributed by atoms with E-state index in [9.17, 15) is 22.0 Å². The molecule has 0 spiro atoms. The van der Waals surface area contributed by atoms with Crippen molar-refractivity contribution in [2.45, 2.75) is 19.9 Å². The van der Waals surface area contributed by atoms with Gasteiger partial charge in [0.15, 0.2) is 15.7 Å². The van der Waals surface area contributed by atoms with Gasteiger partial charge in [0.25, 0.3) is 0 Å². The number of benzene rings is 1. The number of nitrogens with zero attached hydrogens (tertiary/aromatic N) is 4. The number of sulfone groups is 1. The van der Waals surface area contributed by atoms with E-state index in [4.69, 9.17) is 11.6 Å². The number of halogens is 3. The van der Waals surface area contributed by atoms with Gasteiger partial charge in [-0.25, -0.2) is 17.6 Å². The zero-order chi connectivity index (χ0) is 18.6. The predicted molar refractivity (Wildman–Crippen MR) is 89.1 cm³/mol. The van der Waals surface area contributed by atoms with Gasteiger partial charge in [0.05, 0.1) is 23.9 Å². The van der Waals surface area contributed by atoms with Crippen LogP contribution in [0.3, 0.4) is 0 Å². The number of hydrogen-bond acceptors (Lipinski definition) is 6. The van der Waals surface area contributed by atoms with Gasteiger partial charge in [-0.2, -0.15) is 9.36 Å². The Kier molecular flexibility index (Phi) is 6.11. The molecule has 0 atom stereocenters. The van der Waals surface area contributed by atoms with Gasteiger partial charge in [0.1, 0.15) is 11.6 Å². The maximum Gasteiger partial charge on any atom is 0.368 e. The highest BCUT2D eigenvalue weighted by Gasteiger charge is 2.17. The average molecular weight is 396 g/mol. The average Bonchev–Trinajstić information content (AvgIpc) is 2.93. The summed E-state index contributed by atoms with van der Waals surface area (Å²) in [6, 6.07) is 2.10. The molecule has 0 bridgehead atoms. The number of alkyl halides is 1. The highest BCUT2D eigenvalue weighted by Crippen LogP contribution is 2.27. The molecule has 1 aromatic carbocycles. The summed E-state index contributed by atoms with van der Waals surface area (Å²) in [6.45, 7) is 0.864. The number of tetrazole rings is 1. The van der Waals surface area contributed by atoms with Crippen LogP contribution in [0.15, 0.2) is 16.9 Å². The van der Waals surface area contributed by atoms with Crippen molar-refractivity contribution in [3.8, 4) is 5.69 Å². The van der Waals surface area contributed by atoms with Gasteiger partial charge in [-0.05, 0) is 29.0 Å². The zero-order valence-corrected chi connectivity index (χ0v) is 14.8. The molecule has 0 aliphatic heterocycles. The first kappa shape index (κ1) is 19.3. The lowest BCUT2D eigenvalue weighted by atomic mass is 10.2. The molecule has 1 heterocycles. The topological polar surface area (TPSA) is 98.9 Å². The van der Waals surface area contributed by atoms with E-state index in [-0.39, 0.29) is 35.1 Å². The van der Waals surface area contributed by atoms with Crippen LogP contribution in [0.4, 0.5) is 14.5 Å². The first-order chi connectivity index (χ1) is 11.8. The first-order valence-corrected chi connectivity index (χ1v) is 9.51. The fourth-order valence-electron chi connectivity index (χ4n) is 1.90. The van der Waals surface area contributed by atoms with E-state index >= 15 is 0 Å². The molecule has 0 aliphatic carbocycles. The Labute approximate surface area is 147 Å². The third-order valence-corrected chi connectivity index (χ3v) is 5.11. The molecule has 0 radical (unpaired) electrons. The molecule has 8 nitrogen and oxygen atoms in total. The van der Waals surface area contributed by atoms with Crippen LogP contribution >= 0.6 is 11.6 Å². The number of nitrogens with one attached hydrogen (secondary N) is 1. The first-order valence-electron chi connectivity index (χ1n) is 7.31. The molecule has 2 aromatic rings. The highest BCUT2D eigenvalue weighted by atomic mass is 35.5. The van der Waals surface area contributed by atoms with Crippen LogP contribution in [0.1, 0.15) is 13.3 Å². The quantitative estimate of drug-likeness (QED) is 0.725. The molecule has 12 heteroatoms. The van der Waals surface area contributed by atoms with E-state index in [1.807, 2.05) is 0 Å². The third-order valence-electron chi connectivity index (χ3n) is 3.33. The number of rotatable bonds is 8. The molecular weight excluding hydrogens is 380 g/mol. The van der Waals surface area contributed by atoms with Crippen molar-refractivity contribution in [2.75, 3.05) is 23.6 Å². The van der Waals surface area contributed by atoms with Crippen LogP contribution in [0.2, 0.25) is 5.02 Å². The minimum atomic E-state index is -3.34. The van der Waals surface area contributed by atoms with Gasteiger partial charge in [-0.15, -0.1) is 0 Å². The Hall–Kier alpha value is -2.01. The zero-order valence-electron chi connectivity index (χ0n) is 13.2. The minimum Gasteiger partial charge on any atom is -0.370 e. The van der Waals surface area contributed by atoms with Crippen LogP contribution in [-0.2, 0) is 16.4 Å². The Bertz CT molecular complexity index is 913. The van der Waals surface area contributed by atoms with E-state index in [1.54, 1.807) is 0 Å². The molecule has 0 unspecified atom stereocenters. The summed E-state index contributed by atoms with van der Waals surface area (Å²) in [5.74, 6) is -1.31. The lowest BCUT2D eigenvalue weighted by Crippen LogP contribution is -2.25. The third kappa shape index (κ3) is 4.54. The van der Waals surface area contributed by atoms with Crippen LogP contribution in [-0.4, -0.2) is 46.5 Å². The smallest absolute Gasteiger partial charge is 0.368 e. The molecule has 25 heavy (non-hydrogen) atoms. The lowest BCUT2D eigenvalue weighted by Gasteiger charge is -2.10. The number of aromatic nitrogens is 4. The summed E-state index contributed by atoms with van der Waals surface area (Å²) in [5, 5.41) is 9.66. The Morgan fingerprint density at radius 2 is 2.04 bits per heavy atom. The molecule has 0 amide bonds. The normalized spacial score (nSPS) is 11.7. The van der Waals surface area contributed by atoms with Gasteiger partial charge in [0, 0.05) is 5.75 Å². The molecular formula is C13H16ClF2N5O3S. The van der Waals surface area contributed by atoms with Gasteiger partial charge in [-0.1, -0.05) is 18.5 Å². The Morgan fingerprint density at radius 3 is 2.68 bits per heavy atom. The van der Waals surface area contributed by atoms with Crippen molar-refractivity contribution in [2.24, 2.45) is 0 Å². The van der Waals surface area contributed by atoms with E-state index in [0.29, 0.717) is 4.68 Å². The minimum absolute atomic E-state index is 0.00436. The van der Waals surface area contributed by atoms with E-state index in [2.05, 4.69) is 15.7 Å². The summed E-state index contributed by atoms with van der Waals surface area (Å²) in [4.78, 5) is 12.1. The number of aryl methyl sites for hydroxylation is 1. The van der Waals surface area contributed by atoms with Crippen molar-refractivity contribution in [3.63, 3.8) is 0 Å². The second kappa shape index (κ2) is 7.91. The number of hydrogen-bond donors (Lipinski definition) is 1. The summed E-state index contributed by atoms with van der Waals surface area (Å²) >= 11 is 5.91. The molecule has 0 saturated heterocycles. The largest absolute Gasteiger partial charge is 0.370 e.